The highest BCUT2D eigenvalue weighted by molar-refractivity contribution is 9.12. The fourth-order valence-electron chi connectivity index (χ4n) is 6.45. The minimum absolute atomic E-state index is 0.00550. The van der Waals surface area contributed by atoms with Crippen molar-refractivity contribution in [1.29, 1.82) is 0 Å². The molecule has 4 atom stereocenters. The zero-order valence-corrected chi connectivity index (χ0v) is 23.6. The molecule has 0 bridgehead atoms. The van der Waals surface area contributed by atoms with E-state index in [1.54, 1.807) is 30.3 Å². The third kappa shape index (κ3) is 3.72. The van der Waals surface area contributed by atoms with Crippen molar-refractivity contribution in [3.8, 4) is 5.75 Å². The van der Waals surface area contributed by atoms with Crippen LogP contribution in [0, 0.1) is 17.8 Å². The number of aryl methyl sites for hydroxylation is 1. The largest absolute Gasteiger partial charge is 0.508 e. The fraction of sp³-hybridized carbons (Fsp3) is 0.267. The van der Waals surface area contributed by atoms with E-state index >= 15 is 0 Å². The maximum atomic E-state index is 13.9. The number of fused-ring (bicyclic) bond motifs is 3. The van der Waals surface area contributed by atoms with Crippen LogP contribution in [0.25, 0.3) is 0 Å². The SMILES string of the molecule is CCc1ccc(N2C(=O)[C@H]3[C@H](CC=C4[C@H](c5cc(Br)ccc5O)C5=C(C[C@H]43)C(=O)C(Br)=CC5=O)C2=O)cc1. The Morgan fingerprint density at radius 1 is 0.974 bits per heavy atom. The monoisotopic (exact) mass is 635 g/mol. The molecule has 2 aromatic carbocycles. The van der Waals surface area contributed by atoms with E-state index in [-0.39, 0.29) is 40.0 Å². The van der Waals surface area contributed by atoms with Gasteiger partial charge in [-0.25, -0.2) is 0 Å². The number of carbonyl (C=O) groups is 4. The lowest BCUT2D eigenvalue weighted by Crippen LogP contribution is -2.39. The van der Waals surface area contributed by atoms with Gasteiger partial charge in [0.1, 0.15) is 5.75 Å². The van der Waals surface area contributed by atoms with Crippen LogP contribution in [0.1, 0.15) is 36.8 Å². The number of carbonyl (C=O) groups excluding carboxylic acids is 4. The van der Waals surface area contributed by atoms with Crippen molar-refractivity contribution >= 4 is 60.9 Å². The first-order chi connectivity index (χ1) is 18.2. The number of phenols is 1. The zero-order valence-electron chi connectivity index (χ0n) is 20.4. The Labute approximate surface area is 236 Å². The van der Waals surface area contributed by atoms with Crippen LogP contribution in [0.15, 0.2) is 80.3 Å². The van der Waals surface area contributed by atoms with E-state index in [1.807, 2.05) is 25.1 Å². The molecule has 1 heterocycles. The summed E-state index contributed by atoms with van der Waals surface area (Å²) in [7, 11) is 0. The molecular formula is C30H23Br2NO5. The third-order valence-electron chi connectivity index (χ3n) is 8.23. The number of imide groups is 1. The molecule has 1 N–H and O–H groups in total. The first kappa shape index (κ1) is 25.2. The van der Waals surface area contributed by atoms with Crippen LogP contribution in [0.5, 0.6) is 5.75 Å². The van der Waals surface area contributed by atoms with Crippen molar-refractivity contribution in [2.75, 3.05) is 4.90 Å². The fourth-order valence-corrected chi connectivity index (χ4v) is 7.28. The van der Waals surface area contributed by atoms with Crippen LogP contribution in [-0.4, -0.2) is 28.5 Å². The summed E-state index contributed by atoms with van der Waals surface area (Å²) in [6, 6.07) is 12.4. The van der Waals surface area contributed by atoms with E-state index in [1.165, 1.54) is 11.0 Å². The Morgan fingerprint density at radius 2 is 1.71 bits per heavy atom. The second-order valence-electron chi connectivity index (χ2n) is 10.1. The van der Waals surface area contributed by atoms with Crippen molar-refractivity contribution in [3.05, 3.63) is 91.4 Å². The van der Waals surface area contributed by atoms with Crippen molar-refractivity contribution < 1.29 is 24.3 Å². The summed E-state index contributed by atoms with van der Waals surface area (Å²) in [5.74, 6) is -3.50. The molecule has 1 fully saturated rings. The minimum atomic E-state index is -0.698. The van der Waals surface area contributed by atoms with Crippen LogP contribution in [0.2, 0.25) is 0 Å². The lowest BCUT2D eigenvalue weighted by Gasteiger charge is -2.42. The van der Waals surface area contributed by atoms with Gasteiger partial charge in [0.2, 0.25) is 11.8 Å². The molecular weight excluding hydrogens is 614 g/mol. The number of ketones is 2. The van der Waals surface area contributed by atoms with E-state index in [4.69, 9.17) is 0 Å². The molecule has 1 aliphatic heterocycles. The molecule has 0 saturated carbocycles. The highest BCUT2D eigenvalue weighted by Crippen LogP contribution is 2.56. The maximum absolute atomic E-state index is 13.9. The number of aromatic hydroxyl groups is 1. The molecule has 2 aromatic rings. The van der Waals surface area contributed by atoms with Gasteiger partial charge in [-0.2, -0.15) is 0 Å². The topological polar surface area (TPSA) is 91.8 Å². The van der Waals surface area contributed by atoms with E-state index in [0.29, 0.717) is 33.3 Å². The van der Waals surface area contributed by atoms with E-state index < -0.39 is 23.7 Å². The van der Waals surface area contributed by atoms with Crippen molar-refractivity contribution in [2.45, 2.75) is 32.1 Å². The third-order valence-corrected chi connectivity index (χ3v) is 9.32. The Morgan fingerprint density at radius 3 is 2.42 bits per heavy atom. The van der Waals surface area contributed by atoms with Gasteiger partial charge in [0.05, 0.1) is 22.0 Å². The minimum Gasteiger partial charge on any atom is -0.508 e. The van der Waals surface area contributed by atoms with Gasteiger partial charge in [0, 0.05) is 33.2 Å². The molecule has 2 amide bonds. The predicted molar refractivity (Wildman–Crippen MR) is 149 cm³/mol. The van der Waals surface area contributed by atoms with Gasteiger partial charge in [0.25, 0.3) is 0 Å². The molecule has 0 unspecified atom stereocenters. The molecule has 0 spiro atoms. The van der Waals surface area contributed by atoms with Gasteiger partial charge >= 0.3 is 0 Å². The van der Waals surface area contributed by atoms with Gasteiger partial charge < -0.3 is 5.11 Å². The molecule has 3 aliphatic carbocycles. The van der Waals surface area contributed by atoms with Crippen molar-refractivity contribution in [1.82, 2.24) is 0 Å². The summed E-state index contributed by atoms with van der Waals surface area (Å²) >= 11 is 6.69. The van der Waals surface area contributed by atoms with Crippen LogP contribution >= 0.6 is 31.9 Å². The molecule has 38 heavy (non-hydrogen) atoms. The Balaban J connectivity index is 1.48. The molecule has 6 rings (SSSR count). The second-order valence-corrected chi connectivity index (χ2v) is 11.9. The summed E-state index contributed by atoms with van der Waals surface area (Å²) in [4.78, 5) is 55.4. The Kier molecular flexibility index (Phi) is 6.15. The van der Waals surface area contributed by atoms with Crippen LogP contribution in [-0.2, 0) is 25.6 Å². The molecule has 0 aromatic heterocycles. The van der Waals surface area contributed by atoms with Gasteiger partial charge in [0.15, 0.2) is 11.6 Å². The van der Waals surface area contributed by atoms with E-state index in [9.17, 15) is 24.3 Å². The number of amides is 2. The van der Waals surface area contributed by atoms with Gasteiger partial charge in [-0.15, -0.1) is 0 Å². The number of allylic oxidation sites excluding steroid dienone is 6. The van der Waals surface area contributed by atoms with Crippen LogP contribution in [0.3, 0.4) is 0 Å². The maximum Gasteiger partial charge on any atom is 0.238 e. The first-order valence-corrected chi connectivity index (χ1v) is 14.1. The number of anilines is 1. The second kappa shape index (κ2) is 9.27. The highest BCUT2D eigenvalue weighted by atomic mass is 79.9. The Hall–Kier alpha value is -3.10. The highest BCUT2D eigenvalue weighted by Gasteiger charge is 2.56. The lowest BCUT2D eigenvalue weighted by atomic mass is 9.59. The smallest absolute Gasteiger partial charge is 0.238 e. The number of rotatable bonds is 3. The molecule has 192 valence electrons. The lowest BCUT2D eigenvalue weighted by molar-refractivity contribution is -0.123. The number of hydrogen-bond acceptors (Lipinski definition) is 5. The summed E-state index contributed by atoms with van der Waals surface area (Å²) in [5.41, 5.74) is 3.60. The van der Waals surface area contributed by atoms with Crippen molar-refractivity contribution in [2.24, 2.45) is 17.8 Å². The zero-order chi connectivity index (χ0) is 26.9. The number of hydrogen-bond donors (Lipinski definition) is 1. The normalized spacial score (nSPS) is 26.7. The van der Waals surface area contributed by atoms with Gasteiger partial charge in [-0.1, -0.05) is 46.6 Å². The number of halogens is 2. The standard InChI is InChI=1S/C30H23Br2NO5/c1-2-14-3-6-16(7-4-14)33-29(37)18-9-8-17-19(26(18)30(33)38)12-21-27(24(35)13-22(32)28(21)36)25(17)20-11-15(31)5-10-23(20)34/h3-8,10-11,13,18-19,25-26,34H,2,9,12H2,1H3/t18-,19+,25+,26-/m0/s1. The summed E-state index contributed by atoms with van der Waals surface area (Å²) in [6.07, 6.45) is 4.60. The van der Waals surface area contributed by atoms with E-state index in [0.717, 1.165) is 17.6 Å². The van der Waals surface area contributed by atoms with Gasteiger partial charge in [-0.3, -0.25) is 24.1 Å². The molecule has 8 heteroatoms. The quantitative estimate of drug-likeness (QED) is 0.266. The summed E-state index contributed by atoms with van der Waals surface area (Å²) < 4.78 is 0.883. The average Bonchev–Trinajstić information content (AvgIpc) is 3.17. The van der Waals surface area contributed by atoms with E-state index in [2.05, 4.69) is 31.9 Å². The van der Waals surface area contributed by atoms with Crippen LogP contribution in [0.4, 0.5) is 5.69 Å². The van der Waals surface area contributed by atoms with Crippen LogP contribution < -0.4 is 4.90 Å². The molecule has 6 nitrogen and oxygen atoms in total. The number of nitrogens with zero attached hydrogens (tertiary/aromatic N) is 1. The Bertz CT molecular complexity index is 1530. The molecule has 1 saturated heterocycles. The van der Waals surface area contributed by atoms with Gasteiger partial charge in [-0.05, 0) is 77.0 Å². The number of Topliss-reactive ketones (excluding diaryl/α,β-unsaturated/α-hetero) is 1. The number of benzene rings is 2. The summed E-state index contributed by atoms with van der Waals surface area (Å²) in [5, 5.41) is 10.9. The average molecular weight is 637 g/mol. The predicted octanol–water partition coefficient (Wildman–Crippen LogP) is 5.68. The molecule has 0 radical (unpaired) electrons. The number of phenolic OH excluding ortho intramolecular Hbond substituents is 1. The summed E-state index contributed by atoms with van der Waals surface area (Å²) in [6.45, 7) is 2.04. The first-order valence-electron chi connectivity index (χ1n) is 12.6. The van der Waals surface area contributed by atoms with Crippen molar-refractivity contribution in [3.63, 3.8) is 0 Å². The molecule has 4 aliphatic rings.